The van der Waals surface area contributed by atoms with Gasteiger partial charge in [0.25, 0.3) is 11.6 Å². The van der Waals surface area contributed by atoms with Gasteiger partial charge >= 0.3 is 0 Å². The number of hydrogen-bond acceptors (Lipinski definition) is 4. The predicted octanol–water partition coefficient (Wildman–Crippen LogP) is -0.549. The zero-order valence-electron chi connectivity index (χ0n) is 5.02. The summed E-state index contributed by atoms with van der Waals surface area (Å²) in [5.41, 5.74) is 0. The molecule has 0 radical (unpaired) electrons. The molecule has 10 heavy (non-hydrogen) atoms. The minimum atomic E-state index is -1.68. The van der Waals surface area contributed by atoms with Crippen molar-refractivity contribution < 1.29 is 20.0 Å². The van der Waals surface area contributed by atoms with E-state index in [4.69, 9.17) is 0 Å². The zero-order valence-corrected chi connectivity index (χ0v) is 5.02. The number of rotatable bonds is 0. The molecular formula is C6H6O4. The van der Waals surface area contributed by atoms with Gasteiger partial charge in [-0.15, -0.1) is 0 Å². The fourth-order valence-corrected chi connectivity index (χ4v) is 0.879. The van der Waals surface area contributed by atoms with Crippen LogP contribution >= 0.6 is 0 Å². The number of allylic oxidation sites excluding steroid dienone is 2. The smallest absolute Gasteiger partial charge is 0.280 e. The third kappa shape index (κ3) is 0.494. The summed E-state index contributed by atoms with van der Waals surface area (Å²) < 4.78 is 0. The first-order chi connectivity index (χ1) is 4.66. The van der Waals surface area contributed by atoms with Gasteiger partial charge < -0.3 is 10.2 Å². The summed E-state index contributed by atoms with van der Waals surface area (Å²) in [6.45, 7) is 0. The first kappa shape index (κ1) is 6.06. The van der Waals surface area contributed by atoms with E-state index >= 15 is 0 Å². The SMILES string of the molecule is OC12C=CC=CC1(O)OO2. The number of fused-ring (bicyclic) bond motifs is 1. The molecule has 1 saturated heterocycles. The van der Waals surface area contributed by atoms with Gasteiger partial charge in [0.05, 0.1) is 0 Å². The lowest BCUT2D eigenvalue weighted by Gasteiger charge is -2.46. The highest BCUT2D eigenvalue weighted by molar-refractivity contribution is 5.24. The topological polar surface area (TPSA) is 58.9 Å². The highest BCUT2D eigenvalue weighted by Gasteiger charge is 2.61. The first-order valence-electron chi connectivity index (χ1n) is 2.85. The minimum Gasteiger partial charge on any atom is -0.356 e. The molecule has 1 aliphatic carbocycles. The van der Waals surface area contributed by atoms with Crippen LogP contribution in [0.3, 0.4) is 0 Å². The second-order valence-electron chi connectivity index (χ2n) is 2.28. The molecule has 4 heteroatoms. The van der Waals surface area contributed by atoms with Crippen LogP contribution in [0.2, 0.25) is 0 Å². The normalized spacial score (nSPS) is 50.2. The van der Waals surface area contributed by atoms with E-state index in [0.717, 1.165) is 0 Å². The molecule has 2 unspecified atom stereocenters. The van der Waals surface area contributed by atoms with Crippen molar-refractivity contribution in [1.29, 1.82) is 0 Å². The van der Waals surface area contributed by atoms with E-state index in [1.54, 1.807) is 12.2 Å². The molecule has 1 fully saturated rings. The van der Waals surface area contributed by atoms with E-state index in [9.17, 15) is 10.2 Å². The quantitative estimate of drug-likeness (QED) is 0.445. The van der Waals surface area contributed by atoms with Crippen LogP contribution in [-0.2, 0) is 9.78 Å². The fraction of sp³-hybridized carbons (Fsp3) is 0.333. The van der Waals surface area contributed by atoms with Crippen molar-refractivity contribution in [3.05, 3.63) is 24.3 Å². The monoisotopic (exact) mass is 142 g/mol. The Morgan fingerprint density at radius 3 is 1.50 bits per heavy atom. The molecular weight excluding hydrogens is 136 g/mol. The summed E-state index contributed by atoms with van der Waals surface area (Å²) >= 11 is 0. The molecule has 0 saturated carbocycles. The summed E-state index contributed by atoms with van der Waals surface area (Å²) in [5, 5.41) is 18.5. The summed E-state index contributed by atoms with van der Waals surface area (Å²) in [7, 11) is 0. The Morgan fingerprint density at radius 2 is 1.30 bits per heavy atom. The summed E-state index contributed by atoms with van der Waals surface area (Å²) in [6, 6.07) is 0. The Hall–Kier alpha value is -0.680. The maximum atomic E-state index is 9.25. The van der Waals surface area contributed by atoms with Gasteiger partial charge in [-0.2, -0.15) is 9.78 Å². The highest BCUT2D eigenvalue weighted by atomic mass is 17.3. The van der Waals surface area contributed by atoms with E-state index in [2.05, 4.69) is 9.78 Å². The maximum Gasteiger partial charge on any atom is 0.280 e. The van der Waals surface area contributed by atoms with Crippen molar-refractivity contribution in [2.24, 2.45) is 0 Å². The van der Waals surface area contributed by atoms with Crippen LogP contribution in [0.25, 0.3) is 0 Å². The van der Waals surface area contributed by atoms with Crippen LogP contribution in [0.1, 0.15) is 0 Å². The number of aliphatic hydroxyl groups is 2. The first-order valence-corrected chi connectivity index (χ1v) is 2.85. The highest BCUT2D eigenvalue weighted by Crippen LogP contribution is 2.40. The zero-order chi connectivity index (χ0) is 7.24. The molecule has 0 aromatic rings. The lowest BCUT2D eigenvalue weighted by molar-refractivity contribution is -0.622. The lowest BCUT2D eigenvalue weighted by atomic mass is 9.99. The Labute approximate surface area is 56.9 Å². The number of hydrogen-bond donors (Lipinski definition) is 2. The molecule has 54 valence electrons. The van der Waals surface area contributed by atoms with Crippen molar-refractivity contribution >= 4 is 0 Å². The van der Waals surface area contributed by atoms with E-state index in [-0.39, 0.29) is 0 Å². The van der Waals surface area contributed by atoms with Crippen LogP contribution in [-0.4, -0.2) is 21.8 Å². The largest absolute Gasteiger partial charge is 0.356 e. The lowest BCUT2D eigenvalue weighted by Crippen LogP contribution is -2.65. The third-order valence-corrected chi connectivity index (χ3v) is 1.56. The minimum absolute atomic E-state index is 1.32. The van der Waals surface area contributed by atoms with Crippen molar-refractivity contribution in [2.45, 2.75) is 11.6 Å². The van der Waals surface area contributed by atoms with Crippen LogP contribution in [0.5, 0.6) is 0 Å². The Morgan fingerprint density at radius 1 is 0.900 bits per heavy atom. The van der Waals surface area contributed by atoms with Crippen molar-refractivity contribution in [2.75, 3.05) is 0 Å². The third-order valence-electron chi connectivity index (χ3n) is 1.56. The van der Waals surface area contributed by atoms with Gasteiger partial charge in [-0.1, -0.05) is 12.2 Å². The molecule has 2 atom stereocenters. The van der Waals surface area contributed by atoms with E-state index in [1.165, 1.54) is 12.2 Å². The summed E-state index contributed by atoms with van der Waals surface area (Å²) in [6.07, 6.45) is 5.76. The molecule has 0 aromatic heterocycles. The van der Waals surface area contributed by atoms with E-state index in [1.807, 2.05) is 0 Å². The van der Waals surface area contributed by atoms with Gasteiger partial charge in [-0.3, -0.25) is 0 Å². The second-order valence-corrected chi connectivity index (χ2v) is 2.28. The van der Waals surface area contributed by atoms with Crippen molar-refractivity contribution in [3.8, 4) is 0 Å². The molecule has 0 aromatic carbocycles. The van der Waals surface area contributed by atoms with Crippen LogP contribution in [0.4, 0.5) is 0 Å². The van der Waals surface area contributed by atoms with Gasteiger partial charge in [0.2, 0.25) is 0 Å². The van der Waals surface area contributed by atoms with Crippen LogP contribution in [0.15, 0.2) is 24.3 Å². The van der Waals surface area contributed by atoms with E-state index in [0.29, 0.717) is 0 Å². The molecule has 2 rings (SSSR count). The van der Waals surface area contributed by atoms with Crippen molar-refractivity contribution in [3.63, 3.8) is 0 Å². The Kier molecular flexibility index (Phi) is 0.900. The van der Waals surface area contributed by atoms with Crippen LogP contribution < -0.4 is 0 Å². The second kappa shape index (κ2) is 1.49. The summed E-state index contributed by atoms with van der Waals surface area (Å²) in [4.78, 5) is 8.59. The van der Waals surface area contributed by atoms with E-state index < -0.39 is 11.6 Å². The molecule has 0 bridgehead atoms. The Balaban J connectivity index is 2.38. The van der Waals surface area contributed by atoms with Gasteiger partial charge in [0.15, 0.2) is 0 Å². The molecule has 2 aliphatic rings. The summed E-state index contributed by atoms with van der Waals surface area (Å²) in [5.74, 6) is -3.36. The standard InChI is InChI=1S/C6H6O4/c7-5-3-1-2-4-6(5,8)10-9-5/h1-4,7-8H. The fourth-order valence-electron chi connectivity index (χ4n) is 0.879. The molecule has 4 nitrogen and oxygen atoms in total. The molecule has 0 spiro atoms. The molecule has 0 amide bonds. The van der Waals surface area contributed by atoms with Gasteiger partial charge in [0, 0.05) is 0 Å². The maximum absolute atomic E-state index is 9.25. The molecule has 1 heterocycles. The average Bonchev–Trinajstić information content (AvgIpc) is 1.92. The van der Waals surface area contributed by atoms with Gasteiger partial charge in [-0.25, -0.2) is 0 Å². The van der Waals surface area contributed by atoms with Crippen molar-refractivity contribution in [1.82, 2.24) is 0 Å². The van der Waals surface area contributed by atoms with Gasteiger partial charge in [-0.05, 0) is 12.2 Å². The Bertz CT molecular complexity index is 198. The van der Waals surface area contributed by atoms with Gasteiger partial charge in [0.1, 0.15) is 0 Å². The average molecular weight is 142 g/mol. The molecule has 2 N–H and O–H groups in total. The van der Waals surface area contributed by atoms with Crippen LogP contribution in [0, 0.1) is 0 Å². The molecule has 1 aliphatic heterocycles. The predicted molar refractivity (Wildman–Crippen MR) is 30.3 cm³/mol.